The molecule has 1 atom stereocenters. The lowest BCUT2D eigenvalue weighted by Gasteiger charge is -2.16. The Hall–Kier alpha value is -2.36. The molecule has 0 amide bonds. The number of benzene rings is 2. The number of ether oxygens (including phenoxy) is 1. The second kappa shape index (κ2) is 7.27. The fourth-order valence-corrected chi connectivity index (χ4v) is 2.80. The number of carboxylic acids is 1. The first kappa shape index (κ1) is 17.0. The van der Waals surface area contributed by atoms with Gasteiger partial charge in [-0.15, -0.1) is 0 Å². The number of hydrogen-bond donors (Lipinski definition) is 1. The average Bonchev–Trinajstić information content (AvgIpc) is 2.46. The van der Waals surface area contributed by atoms with Crippen LogP contribution in [0.1, 0.15) is 34.6 Å². The van der Waals surface area contributed by atoms with Gasteiger partial charge in [0, 0.05) is 0 Å². The highest BCUT2D eigenvalue weighted by Crippen LogP contribution is 2.26. The largest absolute Gasteiger partial charge is 0.493 e. The first-order chi connectivity index (χ1) is 10.9. The van der Waals surface area contributed by atoms with Crippen molar-refractivity contribution in [2.45, 2.75) is 33.1 Å². The minimum atomic E-state index is -0.933. The first-order valence-corrected chi connectivity index (χ1v) is 7.57. The second-order valence-electron chi connectivity index (χ2n) is 5.81. The summed E-state index contributed by atoms with van der Waals surface area (Å²) in [6.07, 6.45) is 0.327. The number of aliphatic carboxylic acids is 1. The summed E-state index contributed by atoms with van der Waals surface area (Å²) in [5.41, 5.74) is 3.83. The fraction of sp³-hybridized carbons (Fsp3) is 0.316. The van der Waals surface area contributed by atoms with Crippen molar-refractivity contribution in [2.24, 2.45) is 0 Å². The van der Waals surface area contributed by atoms with Crippen LogP contribution in [0.4, 0.5) is 4.39 Å². The van der Waals surface area contributed by atoms with Crippen LogP contribution in [0, 0.1) is 26.6 Å². The van der Waals surface area contributed by atoms with Gasteiger partial charge in [0.05, 0.1) is 12.5 Å². The number of carboxylic acid groups (broad SMARTS) is 1. The molecule has 0 saturated heterocycles. The summed E-state index contributed by atoms with van der Waals surface area (Å²) < 4.78 is 18.8. The highest BCUT2D eigenvalue weighted by molar-refractivity contribution is 5.76. The van der Waals surface area contributed by atoms with Crippen LogP contribution in [0.15, 0.2) is 36.4 Å². The Morgan fingerprint density at radius 3 is 2.22 bits per heavy atom. The predicted octanol–water partition coefficient (Wildman–Crippen LogP) is 4.39. The van der Waals surface area contributed by atoms with E-state index in [9.17, 15) is 14.3 Å². The zero-order valence-corrected chi connectivity index (χ0v) is 13.6. The van der Waals surface area contributed by atoms with Crippen molar-refractivity contribution in [3.63, 3.8) is 0 Å². The molecule has 0 radical (unpaired) electrons. The van der Waals surface area contributed by atoms with Crippen LogP contribution in [-0.4, -0.2) is 17.7 Å². The average molecular weight is 316 g/mol. The molecule has 0 aliphatic carbocycles. The molecule has 3 nitrogen and oxygen atoms in total. The van der Waals surface area contributed by atoms with Gasteiger partial charge in [-0.3, -0.25) is 4.79 Å². The Morgan fingerprint density at radius 1 is 1.13 bits per heavy atom. The molecule has 0 spiro atoms. The van der Waals surface area contributed by atoms with Gasteiger partial charge in [0.15, 0.2) is 0 Å². The molecule has 0 heterocycles. The fourth-order valence-electron chi connectivity index (χ4n) is 2.80. The van der Waals surface area contributed by atoms with Crippen LogP contribution in [0.25, 0.3) is 0 Å². The third-order valence-corrected chi connectivity index (χ3v) is 3.83. The lowest BCUT2D eigenvalue weighted by Crippen LogP contribution is -2.15. The van der Waals surface area contributed by atoms with E-state index in [1.807, 2.05) is 32.9 Å². The number of hydrogen-bond acceptors (Lipinski definition) is 2. The van der Waals surface area contributed by atoms with Crippen LogP contribution in [0.2, 0.25) is 0 Å². The van der Waals surface area contributed by atoms with E-state index in [4.69, 9.17) is 4.74 Å². The Bertz CT molecular complexity index is 669. The van der Waals surface area contributed by atoms with Gasteiger partial charge in [-0.2, -0.15) is 0 Å². The highest BCUT2D eigenvalue weighted by Gasteiger charge is 2.20. The normalized spacial score (nSPS) is 12.0. The molecule has 0 aliphatic rings. The van der Waals surface area contributed by atoms with E-state index >= 15 is 0 Å². The van der Waals surface area contributed by atoms with Gasteiger partial charge in [0.25, 0.3) is 0 Å². The van der Waals surface area contributed by atoms with Crippen LogP contribution in [0.5, 0.6) is 5.75 Å². The predicted molar refractivity (Wildman–Crippen MR) is 87.5 cm³/mol. The quantitative estimate of drug-likeness (QED) is 0.860. The number of carbonyl (C=O) groups is 1. The van der Waals surface area contributed by atoms with Crippen molar-refractivity contribution in [1.82, 2.24) is 0 Å². The molecule has 0 aliphatic heterocycles. The van der Waals surface area contributed by atoms with Gasteiger partial charge < -0.3 is 9.84 Å². The molecule has 4 heteroatoms. The Balaban J connectivity index is 2.06. The van der Waals surface area contributed by atoms with Crippen molar-refractivity contribution in [3.05, 3.63) is 64.5 Å². The topological polar surface area (TPSA) is 46.5 Å². The second-order valence-corrected chi connectivity index (χ2v) is 5.81. The summed E-state index contributed by atoms with van der Waals surface area (Å²) in [6.45, 7) is 6.27. The monoisotopic (exact) mass is 316 g/mol. The third kappa shape index (κ3) is 4.31. The van der Waals surface area contributed by atoms with Crippen LogP contribution in [-0.2, 0) is 4.79 Å². The minimum absolute atomic E-state index is 0.291. The van der Waals surface area contributed by atoms with Crippen molar-refractivity contribution < 1.29 is 19.0 Å². The molecule has 0 fully saturated rings. The van der Waals surface area contributed by atoms with Gasteiger partial charge >= 0.3 is 5.97 Å². The molecule has 0 bridgehead atoms. The summed E-state index contributed by atoms with van der Waals surface area (Å²) in [6, 6.07) is 9.65. The van der Waals surface area contributed by atoms with E-state index in [0.29, 0.717) is 18.6 Å². The Kier molecular flexibility index (Phi) is 5.37. The molecule has 122 valence electrons. The van der Waals surface area contributed by atoms with Gasteiger partial charge in [-0.05, 0) is 56.0 Å². The van der Waals surface area contributed by atoms with Gasteiger partial charge in [0.2, 0.25) is 0 Å². The summed E-state index contributed by atoms with van der Waals surface area (Å²) in [4.78, 5) is 11.5. The van der Waals surface area contributed by atoms with E-state index < -0.39 is 11.9 Å². The summed E-state index contributed by atoms with van der Waals surface area (Å²) in [7, 11) is 0. The third-order valence-electron chi connectivity index (χ3n) is 3.83. The Morgan fingerprint density at radius 2 is 1.70 bits per heavy atom. The lowest BCUT2D eigenvalue weighted by molar-refractivity contribution is -0.139. The van der Waals surface area contributed by atoms with Gasteiger partial charge in [-0.25, -0.2) is 4.39 Å². The van der Waals surface area contributed by atoms with Crippen molar-refractivity contribution in [1.29, 1.82) is 0 Å². The molecule has 23 heavy (non-hydrogen) atoms. The summed E-state index contributed by atoms with van der Waals surface area (Å²) in [5.74, 6) is -1.21. The zero-order chi connectivity index (χ0) is 17.0. The smallest absolute Gasteiger partial charge is 0.311 e. The van der Waals surface area contributed by atoms with E-state index in [1.54, 1.807) is 0 Å². The standard InChI is InChI=1S/C19H21FO3/c1-12-10-13(2)18(14(3)11-12)23-9-8-17(19(21)22)15-4-6-16(20)7-5-15/h4-7,10-11,17H,8-9H2,1-3H3,(H,21,22). The SMILES string of the molecule is Cc1cc(C)c(OCCC(C(=O)O)c2ccc(F)cc2)c(C)c1. The van der Waals surface area contributed by atoms with Gasteiger partial charge in [0.1, 0.15) is 11.6 Å². The molecule has 2 aromatic rings. The molecule has 0 aromatic heterocycles. The zero-order valence-electron chi connectivity index (χ0n) is 13.6. The van der Waals surface area contributed by atoms with Crippen molar-refractivity contribution in [3.8, 4) is 5.75 Å². The van der Waals surface area contributed by atoms with Crippen LogP contribution < -0.4 is 4.74 Å². The minimum Gasteiger partial charge on any atom is -0.493 e. The molecule has 1 unspecified atom stereocenters. The van der Waals surface area contributed by atoms with E-state index in [0.717, 1.165) is 16.9 Å². The molecule has 0 saturated carbocycles. The maximum atomic E-state index is 13.0. The molecular formula is C19H21FO3. The first-order valence-electron chi connectivity index (χ1n) is 7.57. The lowest BCUT2D eigenvalue weighted by atomic mass is 9.96. The summed E-state index contributed by atoms with van der Waals surface area (Å²) >= 11 is 0. The highest BCUT2D eigenvalue weighted by atomic mass is 19.1. The Labute approximate surface area is 135 Å². The number of aryl methyl sites for hydroxylation is 3. The molecule has 2 rings (SSSR count). The summed E-state index contributed by atoms with van der Waals surface area (Å²) in [5, 5.41) is 9.39. The van der Waals surface area contributed by atoms with E-state index in [2.05, 4.69) is 0 Å². The molecule has 1 N–H and O–H groups in total. The van der Waals surface area contributed by atoms with Gasteiger partial charge in [-0.1, -0.05) is 29.8 Å². The maximum Gasteiger partial charge on any atom is 0.311 e. The van der Waals surface area contributed by atoms with Crippen molar-refractivity contribution in [2.75, 3.05) is 6.61 Å². The number of halogens is 1. The van der Waals surface area contributed by atoms with Crippen LogP contribution >= 0.6 is 0 Å². The van der Waals surface area contributed by atoms with Crippen LogP contribution in [0.3, 0.4) is 0 Å². The van der Waals surface area contributed by atoms with E-state index in [-0.39, 0.29) is 5.82 Å². The molecule has 2 aromatic carbocycles. The number of rotatable bonds is 6. The van der Waals surface area contributed by atoms with Crippen molar-refractivity contribution >= 4 is 5.97 Å². The molecular weight excluding hydrogens is 295 g/mol. The maximum absolute atomic E-state index is 13.0. The van der Waals surface area contributed by atoms with E-state index in [1.165, 1.54) is 29.8 Å².